The van der Waals surface area contributed by atoms with Gasteiger partial charge in [0.1, 0.15) is 24.0 Å². The second kappa shape index (κ2) is 17.7. The number of methoxy groups -OCH3 is 1. The molecule has 2 atom stereocenters. The first-order chi connectivity index (χ1) is 28.9. The number of phenolic OH excluding ortho intramolecular Hbond substituents is 2. The average Bonchev–Trinajstić information content (AvgIpc) is 3.18. The average molecular weight is 860 g/mol. The number of phenols is 2. The number of aromatic hydroxyl groups is 2. The molecule has 0 bridgehead atoms. The van der Waals surface area contributed by atoms with Gasteiger partial charge in [0.15, 0.2) is 0 Å². The van der Waals surface area contributed by atoms with Gasteiger partial charge < -0.3 is 19.8 Å². The van der Waals surface area contributed by atoms with Crippen molar-refractivity contribution in [1.29, 1.82) is 0 Å². The number of piperazine rings is 1. The van der Waals surface area contributed by atoms with Crippen molar-refractivity contribution in [2.24, 2.45) is 0 Å². The molecule has 1 aliphatic rings. The number of nitrogens with zero attached hydrogens (tertiary/aromatic N) is 6. The van der Waals surface area contributed by atoms with E-state index < -0.39 is 41.3 Å². The van der Waals surface area contributed by atoms with Crippen molar-refractivity contribution in [3.05, 3.63) is 124 Å². The zero-order valence-corrected chi connectivity index (χ0v) is 40.3. The van der Waals surface area contributed by atoms with Crippen LogP contribution in [0.25, 0.3) is 0 Å². The summed E-state index contributed by atoms with van der Waals surface area (Å²) in [6.45, 7) is 29.6. The molecule has 0 saturated carbocycles. The minimum absolute atomic E-state index is 0.293. The first-order valence-corrected chi connectivity index (χ1v) is 23.5. The lowest BCUT2D eigenvalue weighted by Gasteiger charge is -2.35. The SMILES string of the molecule is COC(N1CCN(c2nc(C(c3cc(C(C)(C)C)c(O)c(C(C)(C)C)c3)c3cc(C(C)(C)C)c(O)c(C(C)(C)C)c3)nc(N(c3ccccc3)c3ccccc3)n2)CC1)[P+](C)=O. The molecule has 62 heavy (non-hydrogen) atoms. The third-order valence-corrected chi connectivity index (χ3v) is 12.9. The summed E-state index contributed by atoms with van der Waals surface area (Å²) in [5.41, 5.74) is 5.36. The predicted octanol–water partition coefficient (Wildman–Crippen LogP) is 11.6. The molecule has 1 saturated heterocycles. The van der Waals surface area contributed by atoms with Crippen LogP contribution in [0.4, 0.5) is 23.3 Å². The van der Waals surface area contributed by atoms with Crippen LogP contribution >= 0.6 is 7.80 Å². The van der Waals surface area contributed by atoms with E-state index in [9.17, 15) is 14.8 Å². The molecule has 10 nitrogen and oxygen atoms in total. The number of rotatable bonds is 10. The maximum Gasteiger partial charge on any atom is 0.384 e. The van der Waals surface area contributed by atoms with Crippen LogP contribution in [0.5, 0.6) is 11.5 Å². The number of para-hydroxylation sites is 2. The van der Waals surface area contributed by atoms with Gasteiger partial charge in [-0.05, 0) is 79.3 Å². The standard InChI is InChI=1S/C51H67N6O4P/c1-48(2,3)37-29-33(30-38(42(37)58)49(4,5)6)41(34-31-39(50(7,8)9)43(59)40(32-34)51(10,11)12)44-52-45(55-25-27-56(28-26-55)47(61-13)62(14)60)54-46(53-44)57(35-21-17-15-18-22-35)36-23-19-16-20-24-36/h15-24,29-32,41,47H,25-28H2,1-14H3,(H-,58,59)/p+1. The molecule has 2 unspecified atom stereocenters. The van der Waals surface area contributed by atoms with Crippen molar-refractivity contribution in [2.45, 2.75) is 117 Å². The molecule has 11 heteroatoms. The van der Waals surface area contributed by atoms with E-state index in [1.165, 1.54) is 0 Å². The van der Waals surface area contributed by atoms with E-state index >= 15 is 0 Å². The molecule has 4 aromatic carbocycles. The van der Waals surface area contributed by atoms with E-state index in [0.717, 1.165) is 44.8 Å². The van der Waals surface area contributed by atoms with Crippen molar-refractivity contribution in [3.63, 3.8) is 0 Å². The van der Waals surface area contributed by atoms with Crippen molar-refractivity contribution in [2.75, 3.05) is 49.8 Å². The fraction of sp³-hybridized carbons (Fsp3) is 0.471. The molecule has 2 N–H and O–H groups in total. The summed E-state index contributed by atoms with van der Waals surface area (Å²) >= 11 is 0. The largest absolute Gasteiger partial charge is 0.507 e. The highest BCUT2D eigenvalue weighted by molar-refractivity contribution is 7.44. The van der Waals surface area contributed by atoms with Crippen LogP contribution in [0.15, 0.2) is 84.9 Å². The first kappa shape index (κ1) is 46.6. The number of ether oxygens (including phenoxy) is 1. The Kier molecular flexibility index (Phi) is 13.3. The Labute approximate surface area is 371 Å². The maximum atomic E-state index is 12.7. The van der Waals surface area contributed by atoms with Gasteiger partial charge in [-0.1, -0.05) is 148 Å². The fourth-order valence-electron chi connectivity index (χ4n) is 8.37. The monoisotopic (exact) mass is 860 g/mol. The minimum atomic E-state index is -1.58. The second-order valence-electron chi connectivity index (χ2n) is 20.8. The maximum absolute atomic E-state index is 12.7. The highest BCUT2D eigenvalue weighted by atomic mass is 31.1. The summed E-state index contributed by atoms with van der Waals surface area (Å²) in [6.07, 6.45) is 0. The summed E-state index contributed by atoms with van der Waals surface area (Å²) in [5.74, 6) is 1.07. The van der Waals surface area contributed by atoms with Gasteiger partial charge in [0.05, 0.1) is 5.92 Å². The topological polar surface area (TPSA) is 115 Å². The lowest BCUT2D eigenvalue weighted by molar-refractivity contribution is 0.0240. The fourth-order valence-corrected chi connectivity index (χ4v) is 9.36. The van der Waals surface area contributed by atoms with Crippen LogP contribution in [0, 0.1) is 0 Å². The van der Waals surface area contributed by atoms with Gasteiger partial charge in [0.25, 0.3) is 0 Å². The van der Waals surface area contributed by atoms with E-state index in [-0.39, 0.29) is 0 Å². The van der Waals surface area contributed by atoms with Crippen LogP contribution < -0.4 is 9.80 Å². The molecule has 0 aliphatic carbocycles. The van der Waals surface area contributed by atoms with Crippen molar-refractivity contribution < 1.29 is 19.5 Å². The third kappa shape index (κ3) is 9.99. The molecule has 330 valence electrons. The predicted molar refractivity (Wildman–Crippen MR) is 255 cm³/mol. The Morgan fingerprint density at radius 2 is 1.00 bits per heavy atom. The quantitative estimate of drug-likeness (QED) is 0.132. The van der Waals surface area contributed by atoms with E-state index in [4.69, 9.17) is 19.7 Å². The van der Waals surface area contributed by atoms with E-state index in [1.807, 2.05) is 36.4 Å². The van der Waals surface area contributed by atoms with Crippen molar-refractivity contribution >= 4 is 31.1 Å². The Morgan fingerprint density at radius 1 is 0.613 bits per heavy atom. The zero-order chi connectivity index (χ0) is 45.5. The van der Waals surface area contributed by atoms with Crippen LogP contribution in [0.1, 0.15) is 128 Å². The van der Waals surface area contributed by atoms with Gasteiger partial charge in [0, 0.05) is 44.7 Å². The summed E-state index contributed by atoms with van der Waals surface area (Å²) in [4.78, 5) is 22.6. The molecular formula is C51H68N6O4P+. The van der Waals surface area contributed by atoms with Crippen LogP contribution in [-0.2, 0) is 31.0 Å². The number of hydrogen-bond acceptors (Lipinski definition) is 10. The van der Waals surface area contributed by atoms with Crippen molar-refractivity contribution in [3.8, 4) is 11.5 Å². The second-order valence-corrected chi connectivity index (χ2v) is 22.3. The number of benzene rings is 4. The lowest BCUT2D eigenvalue weighted by atomic mass is 9.74. The van der Waals surface area contributed by atoms with Crippen LogP contribution in [-0.4, -0.2) is 76.0 Å². The van der Waals surface area contributed by atoms with Crippen molar-refractivity contribution in [1.82, 2.24) is 19.9 Å². The Hall–Kier alpha value is -4.89. The number of anilines is 4. The normalized spacial score (nSPS) is 15.2. The smallest absolute Gasteiger partial charge is 0.384 e. The Bertz CT molecular complexity index is 2180. The zero-order valence-electron chi connectivity index (χ0n) is 39.4. The first-order valence-electron chi connectivity index (χ1n) is 21.7. The Balaban J connectivity index is 1.73. The van der Waals surface area contributed by atoms with Gasteiger partial charge in [0.2, 0.25) is 11.9 Å². The molecule has 0 radical (unpaired) electrons. The van der Waals surface area contributed by atoms with E-state index in [1.54, 1.807) is 13.8 Å². The molecule has 0 spiro atoms. The molecule has 0 amide bonds. The van der Waals surface area contributed by atoms with E-state index in [2.05, 4.69) is 146 Å². The molecule has 1 fully saturated rings. The summed E-state index contributed by atoms with van der Waals surface area (Å²) in [7, 11) is 0.0260. The van der Waals surface area contributed by atoms with Gasteiger partial charge in [-0.15, -0.1) is 0 Å². The highest BCUT2D eigenvalue weighted by Gasteiger charge is 2.37. The highest BCUT2D eigenvalue weighted by Crippen LogP contribution is 2.47. The summed E-state index contributed by atoms with van der Waals surface area (Å²) in [5, 5.41) is 24.0. The molecular weight excluding hydrogens is 792 g/mol. The van der Waals surface area contributed by atoms with Crippen LogP contribution in [0.3, 0.4) is 0 Å². The van der Waals surface area contributed by atoms with Gasteiger partial charge in [-0.3, -0.25) is 4.90 Å². The number of aromatic nitrogens is 3. The molecule has 1 aromatic heterocycles. The molecule has 6 rings (SSSR count). The van der Waals surface area contributed by atoms with Crippen LogP contribution in [0.2, 0.25) is 0 Å². The summed E-state index contributed by atoms with van der Waals surface area (Å²) < 4.78 is 18.4. The van der Waals surface area contributed by atoms with Gasteiger partial charge in [-0.25, -0.2) is 4.90 Å². The van der Waals surface area contributed by atoms with Gasteiger partial charge in [-0.2, -0.15) is 15.0 Å². The third-order valence-electron chi connectivity index (χ3n) is 11.7. The van der Waals surface area contributed by atoms with E-state index in [0.29, 0.717) is 55.4 Å². The number of hydrogen-bond donors (Lipinski definition) is 2. The molecule has 2 heterocycles. The lowest BCUT2D eigenvalue weighted by Crippen LogP contribution is -2.50. The Morgan fingerprint density at radius 3 is 1.34 bits per heavy atom. The molecule has 5 aromatic rings. The summed E-state index contributed by atoms with van der Waals surface area (Å²) in [6, 6.07) is 28.8. The molecule has 1 aliphatic heterocycles. The van der Waals surface area contributed by atoms with Gasteiger partial charge >= 0.3 is 13.8 Å². The minimum Gasteiger partial charge on any atom is -0.507 e.